The predicted octanol–water partition coefficient (Wildman–Crippen LogP) is 4.07. The van der Waals surface area contributed by atoms with Crippen molar-refractivity contribution in [3.63, 3.8) is 0 Å². The first-order valence-corrected chi connectivity index (χ1v) is 15.5. The maximum Gasteiger partial charge on any atom is 0.251 e. The normalized spacial score (nSPS) is 18.1. The van der Waals surface area contributed by atoms with E-state index < -0.39 is 10.0 Å². The number of piperazine rings is 1. The minimum absolute atomic E-state index is 0.189. The lowest BCUT2D eigenvalue weighted by Gasteiger charge is -2.34. The van der Waals surface area contributed by atoms with Gasteiger partial charge >= 0.3 is 0 Å². The summed E-state index contributed by atoms with van der Waals surface area (Å²) in [6, 6.07) is 12.1. The summed E-state index contributed by atoms with van der Waals surface area (Å²) in [6.45, 7) is 5.99. The summed E-state index contributed by atoms with van der Waals surface area (Å²) in [5.74, 6) is -0.189. The minimum atomic E-state index is -3.51. The van der Waals surface area contributed by atoms with Crippen LogP contribution in [0.15, 0.2) is 47.4 Å². The molecule has 2 fully saturated rings. The lowest BCUT2D eigenvalue weighted by Crippen LogP contribution is -2.48. The molecule has 8 nitrogen and oxygen atoms in total. The average molecular weight is 562 g/mol. The van der Waals surface area contributed by atoms with Crippen molar-refractivity contribution in [3.8, 4) is 0 Å². The molecule has 5 rings (SSSR count). The third-order valence-corrected chi connectivity index (χ3v) is 10.2. The van der Waals surface area contributed by atoms with Crippen molar-refractivity contribution in [3.05, 3.63) is 53.1 Å². The number of benzene rings is 2. The number of fused-ring (bicyclic) bond motifs is 1. The number of nitrogens with zero attached hydrogens (tertiary/aromatic N) is 4. The Bertz CT molecular complexity index is 1330. The van der Waals surface area contributed by atoms with Crippen LogP contribution >= 0.6 is 22.9 Å². The van der Waals surface area contributed by atoms with Crippen molar-refractivity contribution in [1.82, 2.24) is 19.5 Å². The van der Waals surface area contributed by atoms with E-state index in [1.165, 1.54) is 0 Å². The number of hydrogen-bond donors (Lipinski definition) is 1. The molecule has 0 spiro atoms. The number of carbonyl (C=O) groups is 1. The number of thiazole rings is 1. The molecule has 1 amide bonds. The van der Waals surface area contributed by atoms with Crippen molar-refractivity contribution in [2.45, 2.75) is 30.6 Å². The molecule has 37 heavy (non-hydrogen) atoms. The van der Waals surface area contributed by atoms with Crippen molar-refractivity contribution < 1.29 is 13.2 Å². The van der Waals surface area contributed by atoms with Crippen molar-refractivity contribution >= 4 is 54.2 Å². The average Bonchev–Trinajstić information content (AvgIpc) is 3.12. The second kappa shape index (κ2) is 11.7. The van der Waals surface area contributed by atoms with E-state index in [0.29, 0.717) is 25.2 Å². The molecule has 0 saturated carbocycles. The molecular weight excluding hydrogens is 530 g/mol. The molecule has 0 unspecified atom stereocenters. The number of sulfonamides is 1. The molecule has 0 atom stereocenters. The Balaban J connectivity index is 1.08. The molecule has 2 saturated heterocycles. The van der Waals surface area contributed by atoms with Crippen LogP contribution in [0.2, 0.25) is 5.02 Å². The fourth-order valence-corrected chi connectivity index (χ4v) is 7.63. The van der Waals surface area contributed by atoms with Crippen LogP contribution in [0.5, 0.6) is 0 Å². The van der Waals surface area contributed by atoms with Gasteiger partial charge in [-0.15, -0.1) is 0 Å². The first-order chi connectivity index (χ1) is 17.9. The number of anilines is 1. The molecule has 3 heterocycles. The van der Waals surface area contributed by atoms with E-state index in [1.54, 1.807) is 39.9 Å². The zero-order chi connectivity index (χ0) is 25.8. The number of halogens is 1. The molecular formula is C26H32ClN5O3S2. The van der Waals surface area contributed by atoms with Crippen molar-refractivity contribution in [1.29, 1.82) is 0 Å². The molecule has 1 N–H and O–H groups in total. The molecule has 3 aromatic rings. The van der Waals surface area contributed by atoms with Crippen molar-refractivity contribution in [2.75, 3.05) is 57.3 Å². The van der Waals surface area contributed by atoms with Crippen LogP contribution in [0, 0.1) is 0 Å². The van der Waals surface area contributed by atoms with Gasteiger partial charge in [0, 0.05) is 62.9 Å². The summed E-state index contributed by atoms with van der Waals surface area (Å²) in [7, 11) is -3.51. The third-order valence-electron chi connectivity index (χ3n) is 7.01. The van der Waals surface area contributed by atoms with E-state index in [4.69, 9.17) is 16.6 Å². The van der Waals surface area contributed by atoms with Crippen LogP contribution < -0.4 is 10.2 Å². The second-order valence-electron chi connectivity index (χ2n) is 9.54. The van der Waals surface area contributed by atoms with Gasteiger partial charge in [0.1, 0.15) is 0 Å². The van der Waals surface area contributed by atoms with E-state index in [9.17, 15) is 13.2 Å². The summed E-state index contributed by atoms with van der Waals surface area (Å²) in [6.07, 6.45) is 3.93. The van der Waals surface area contributed by atoms with Crippen LogP contribution in [0.25, 0.3) is 10.2 Å². The SMILES string of the molecule is O=C(NCCN1CCN(c2nc3ccc(Cl)cc3s2)CC1)c1ccc(S(=O)(=O)N2CCCCCC2)cc1. The highest BCUT2D eigenvalue weighted by atomic mass is 35.5. The van der Waals surface area contributed by atoms with Crippen LogP contribution in [0.3, 0.4) is 0 Å². The zero-order valence-electron chi connectivity index (χ0n) is 20.7. The van der Waals surface area contributed by atoms with E-state index >= 15 is 0 Å². The number of amides is 1. The van der Waals surface area contributed by atoms with Crippen LogP contribution in [-0.4, -0.2) is 80.9 Å². The van der Waals surface area contributed by atoms with E-state index in [2.05, 4.69) is 15.1 Å². The van der Waals surface area contributed by atoms with Crippen LogP contribution in [0.1, 0.15) is 36.0 Å². The first-order valence-electron chi connectivity index (χ1n) is 12.8. The van der Waals surface area contributed by atoms with E-state index in [1.807, 2.05) is 18.2 Å². The molecule has 0 aliphatic carbocycles. The van der Waals surface area contributed by atoms with Crippen LogP contribution in [0.4, 0.5) is 5.13 Å². The standard InChI is InChI=1S/C26H32ClN5O3S2/c27-21-7-10-23-24(19-21)36-26(29-23)31-17-15-30(16-18-31)14-11-28-25(33)20-5-8-22(9-6-20)37(34,35)32-12-3-1-2-4-13-32/h5-10,19H,1-4,11-18H2,(H,28,33). The van der Waals surface area contributed by atoms with Gasteiger partial charge < -0.3 is 10.2 Å². The lowest BCUT2D eigenvalue weighted by molar-refractivity contribution is 0.0947. The molecule has 0 radical (unpaired) electrons. The molecule has 2 aliphatic rings. The number of aromatic nitrogens is 1. The number of nitrogens with one attached hydrogen (secondary N) is 1. The van der Waals surface area contributed by atoms with Gasteiger partial charge in [-0.1, -0.05) is 35.8 Å². The first kappa shape index (κ1) is 26.4. The van der Waals surface area contributed by atoms with Crippen molar-refractivity contribution in [2.24, 2.45) is 0 Å². The molecule has 0 bridgehead atoms. The second-order valence-corrected chi connectivity index (χ2v) is 12.9. The fourth-order valence-electron chi connectivity index (χ4n) is 4.82. The Hall–Kier alpha value is -2.24. The van der Waals surface area contributed by atoms with Gasteiger partial charge in [0.05, 0.1) is 15.1 Å². The Morgan fingerprint density at radius 1 is 0.946 bits per heavy atom. The predicted molar refractivity (Wildman–Crippen MR) is 149 cm³/mol. The molecule has 2 aliphatic heterocycles. The maximum absolute atomic E-state index is 12.9. The summed E-state index contributed by atoms with van der Waals surface area (Å²) in [5, 5.41) is 4.71. The van der Waals surface area contributed by atoms with Gasteiger partial charge in [-0.2, -0.15) is 4.31 Å². The van der Waals surface area contributed by atoms with Gasteiger partial charge in [0.15, 0.2) is 5.13 Å². The van der Waals surface area contributed by atoms with E-state index in [0.717, 1.165) is 78.8 Å². The zero-order valence-corrected chi connectivity index (χ0v) is 23.1. The summed E-state index contributed by atoms with van der Waals surface area (Å²) in [5.41, 5.74) is 1.44. The largest absolute Gasteiger partial charge is 0.351 e. The highest BCUT2D eigenvalue weighted by Gasteiger charge is 2.25. The van der Waals surface area contributed by atoms with E-state index in [-0.39, 0.29) is 10.8 Å². The molecule has 11 heteroatoms. The fraction of sp³-hybridized carbons (Fsp3) is 0.462. The van der Waals surface area contributed by atoms with Gasteiger partial charge in [0.25, 0.3) is 5.91 Å². The maximum atomic E-state index is 12.9. The topological polar surface area (TPSA) is 85.9 Å². The van der Waals surface area contributed by atoms with Crippen LogP contribution in [-0.2, 0) is 10.0 Å². The molecule has 198 valence electrons. The van der Waals surface area contributed by atoms with Gasteiger partial charge in [0.2, 0.25) is 10.0 Å². The Labute approximate surface area is 227 Å². The highest BCUT2D eigenvalue weighted by molar-refractivity contribution is 7.89. The van der Waals surface area contributed by atoms with Gasteiger partial charge in [-0.3, -0.25) is 9.69 Å². The monoisotopic (exact) mass is 561 g/mol. The molecule has 1 aromatic heterocycles. The summed E-state index contributed by atoms with van der Waals surface area (Å²) < 4.78 is 28.6. The highest BCUT2D eigenvalue weighted by Crippen LogP contribution is 2.31. The number of rotatable bonds is 7. The number of hydrogen-bond acceptors (Lipinski definition) is 7. The molecule has 2 aromatic carbocycles. The Kier molecular flexibility index (Phi) is 8.31. The summed E-state index contributed by atoms with van der Waals surface area (Å²) >= 11 is 7.77. The Morgan fingerprint density at radius 3 is 2.35 bits per heavy atom. The quantitative estimate of drug-likeness (QED) is 0.468. The third kappa shape index (κ3) is 6.26. The van der Waals surface area contributed by atoms with Gasteiger partial charge in [-0.25, -0.2) is 13.4 Å². The van der Waals surface area contributed by atoms with Gasteiger partial charge in [-0.05, 0) is 55.3 Å². The lowest BCUT2D eigenvalue weighted by atomic mass is 10.2. The smallest absolute Gasteiger partial charge is 0.251 e. The number of carbonyl (C=O) groups excluding carboxylic acids is 1. The minimum Gasteiger partial charge on any atom is -0.351 e. The Morgan fingerprint density at radius 2 is 1.65 bits per heavy atom. The summed E-state index contributed by atoms with van der Waals surface area (Å²) in [4.78, 5) is 22.3.